The molecular formula is C19H21ClN2O3S. The van der Waals surface area contributed by atoms with E-state index in [0.717, 1.165) is 5.56 Å². The first-order valence-corrected chi connectivity index (χ1v) is 10.4. The van der Waals surface area contributed by atoms with E-state index in [1.165, 1.54) is 4.31 Å². The standard InChI is InChI=1S/C19H21ClN2O3S/c20-18-11-5-4-7-15(18)13-21-19(23)16-8-6-12-22(14-16)26(24,25)17-9-2-1-3-10-17/h1-5,7,9-11,16H,6,8,12-14H2,(H,21,23)/t16-/m0/s1. The third-order valence-electron chi connectivity index (χ3n) is 4.55. The first-order valence-electron chi connectivity index (χ1n) is 8.55. The van der Waals surface area contributed by atoms with Gasteiger partial charge in [-0.2, -0.15) is 4.31 Å². The Kier molecular flexibility index (Phi) is 5.96. The molecule has 0 aromatic heterocycles. The molecule has 2 aromatic carbocycles. The summed E-state index contributed by atoms with van der Waals surface area (Å²) in [5.41, 5.74) is 0.840. The van der Waals surface area contributed by atoms with Gasteiger partial charge in [0.05, 0.1) is 10.8 Å². The smallest absolute Gasteiger partial charge is 0.243 e. The number of benzene rings is 2. The molecule has 0 bridgehead atoms. The van der Waals surface area contributed by atoms with Crippen LogP contribution >= 0.6 is 11.6 Å². The van der Waals surface area contributed by atoms with Gasteiger partial charge in [-0.1, -0.05) is 48.0 Å². The molecule has 0 aliphatic carbocycles. The molecule has 1 saturated heterocycles. The summed E-state index contributed by atoms with van der Waals surface area (Å²) >= 11 is 6.11. The second-order valence-corrected chi connectivity index (χ2v) is 8.67. The van der Waals surface area contributed by atoms with Crippen molar-refractivity contribution >= 4 is 27.5 Å². The molecule has 2 aromatic rings. The van der Waals surface area contributed by atoms with E-state index in [1.807, 2.05) is 18.2 Å². The van der Waals surface area contributed by atoms with Crippen LogP contribution in [-0.2, 0) is 21.4 Å². The average molecular weight is 393 g/mol. The molecule has 1 aliphatic rings. The van der Waals surface area contributed by atoms with E-state index in [-0.39, 0.29) is 23.3 Å². The zero-order valence-corrected chi connectivity index (χ0v) is 15.8. The summed E-state index contributed by atoms with van der Waals surface area (Å²) in [5.74, 6) is -0.498. The summed E-state index contributed by atoms with van der Waals surface area (Å²) in [6.45, 7) is 0.970. The fourth-order valence-corrected chi connectivity index (χ4v) is 4.83. The van der Waals surface area contributed by atoms with Crippen LogP contribution in [0.2, 0.25) is 5.02 Å². The molecule has 1 N–H and O–H groups in total. The molecule has 0 spiro atoms. The van der Waals surface area contributed by atoms with Gasteiger partial charge in [0.1, 0.15) is 0 Å². The Balaban J connectivity index is 1.65. The molecule has 5 nitrogen and oxygen atoms in total. The molecule has 26 heavy (non-hydrogen) atoms. The van der Waals surface area contributed by atoms with Gasteiger partial charge in [0.2, 0.25) is 15.9 Å². The summed E-state index contributed by atoms with van der Waals surface area (Å²) < 4.78 is 26.9. The van der Waals surface area contributed by atoms with Crippen LogP contribution in [-0.4, -0.2) is 31.7 Å². The molecule has 7 heteroatoms. The topological polar surface area (TPSA) is 66.5 Å². The third kappa shape index (κ3) is 4.26. The number of rotatable bonds is 5. The lowest BCUT2D eigenvalue weighted by molar-refractivity contribution is -0.126. The summed E-state index contributed by atoms with van der Waals surface area (Å²) in [4.78, 5) is 12.8. The second kappa shape index (κ2) is 8.20. The number of carbonyl (C=O) groups excluding carboxylic acids is 1. The van der Waals surface area contributed by atoms with Crippen molar-refractivity contribution in [2.24, 2.45) is 5.92 Å². The zero-order valence-electron chi connectivity index (χ0n) is 14.3. The Morgan fingerprint density at radius 2 is 1.81 bits per heavy atom. The van der Waals surface area contributed by atoms with Crippen molar-refractivity contribution in [2.45, 2.75) is 24.3 Å². The molecule has 138 valence electrons. The maximum atomic E-state index is 12.8. The highest BCUT2D eigenvalue weighted by Crippen LogP contribution is 2.24. The Morgan fingerprint density at radius 3 is 2.54 bits per heavy atom. The zero-order chi connectivity index (χ0) is 18.6. The summed E-state index contributed by atoms with van der Waals surface area (Å²) in [6.07, 6.45) is 1.34. The Hall–Kier alpha value is -1.89. The summed E-state index contributed by atoms with van der Waals surface area (Å²) in [6, 6.07) is 15.7. The molecule has 1 heterocycles. The molecule has 0 unspecified atom stereocenters. The van der Waals surface area contributed by atoms with Crippen molar-refractivity contribution in [2.75, 3.05) is 13.1 Å². The van der Waals surface area contributed by atoms with Gasteiger partial charge in [0.25, 0.3) is 0 Å². The van der Waals surface area contributed by atoms with E-state index in [4.69, 9.17) is 11.6 Å². The predicted octanol–water partition coefficient (Wildman–Crippen LogP) is 3.06. The van der Waals surface area contributed by atoms with Gasteiger partial charge in [-0.25, -0.2) is 8.42 Å². The molecule has 1 aliphatic heterocycles. The van der Waals surface area contributed by atoms with Crippen molar-refractivity contribution in [1.29, 1.82) is 0 Å². The molecule has 0 saturated carbocycles. The van der Waals surface area contributed by atoms with Gasteiger partial charge < -0.3 is 5.32 Å². The fourth-order valence-electron chi connectivity index (χ4n) is 3.08. The largest absolute Gasteiger partial charge is 0.352 e. The van der Waals surface area contributed by atoms with Gasteiger partial charge in [-0.15, -0.1) is 0 Å². The number of carbonyl (C=O) groups is 1. The van der Waals surface area contributed by atoms with Gasteiger partial charge in [-0.05, 0) is 36.6 Å². The van der Waals surface area contributed by atoms with Crippen LogP contribution < -0.4 is 5.32 Å². The minimum Gasteiger partial charge on any atom is -0.352 e. The lowest BCUT2D eigenvalue weighted by Gasteiger charge is -2.31. The highest BCUT2D eigenvalue weighted by molar-refractivity contribution is 7.89. The highest BCUT2D eigenvalue weighted by atomic mass is 35.5. The van der Waals surface area contributed by atoms with Gasteiger partial charge in [0.15, 0.2) is 0 Å². The predicted molar refractivity (Wildman–Crippen MR) is 101 cm³/mol. The van der Waals surface area contributed by atoms with E-state index >= 15 is 0 Å². The van der Waals surface area contributed by atoms with E-state index in [2.05, 4.69) is 5.32 Å². The Morgan fingerprint density at radius 1 is 1.12 bits per heavy atom. The molecular weight excluding hydrogens is 372 g/mol. The minimum atomic E-state index is -3.57. The van der Waals surface area contributed by atoms with Gasteiger partial charge in [0, 0.05) is 24.7 Å². The van der Waals surface area contributed by atoms with Crippen LogP contribution in [0.1, 0.15) is 18.4 Å². The van der Waals surface area contributed by atoms with Crippen LogP contribution in [0, 0.1) is 5.92 Å². The van der Waals surface area contributed by atoms with Crippen molar-refractivity contribution in [3.63, 3.8) is 0 Å². The normalized spacial score (nSPS) is 18.4. The molecule has 1 atom stereocenters. The second-order valence-electron chi connectivity index (χ2n) is 6.32. The number of piperidine rings is 1. The highest BCUT2D eigenvalue weighted by Gasteiger charge is 2.33. The quantitative estimate of drug-likeness (QED) is 0.850. The number of nitrogens with one attached hydrogen (secondary N) is 1. The lowest BCUT2D eigenvalue weighted by atomic mass is 9.99. The number of hydrogen-bond acceptors (Lipinski definition) is 3. The van der Waals surface area contributed by atoms with Crippen molar-refractivity contribution < 1.29 is 13.2 Å². The van der Waals surface area contributed by atoms with E-state index in [0.29, 0.717) is 31.0 Å². The number of hydrogen-bond donors (Lipinski definition) is 1. The number of amides is 1. The maximum Gasteiger partial charge on any atom is 0.243 e. The van der Waals surface area contributed by atoms with Crippen LogP contribution in [0.5, 0.6) is 0 Å². The number of sulfonamides is 1. The number of halogens is 1. The van der Waals surface area contributed by atoms with Gasteiger partial charge in [-0.3, -0.25) is 4.79 Å². The van der Waals surface area contributed by atoms with Gasteiger partial charge >= 0.3 is 0 Å². The van der Waals surface area contributed by atoms with E-state index in [9.17, 15) is 13.2 Å². The van der Waals surface area contributed by atoms with Crippen molar-refractivity contribution in [1.82, 2.24) is 9.62 Å². The molecule has 1 amide bonds. The summed E-state index contributed by atoms with van der Waals surface area (Å²) in [5, 5.41) is 3.48. The SMILES string of the molecule is O=C(NCc1ccccc1Cl)[C@H]1CCCN(S(=O)(=O)c2ccccc2)C1. The van der Waals surface area contributed by atoms with Crippen molar-refractivity contribution in [3.8, 4) is 0 Å². The first kappa shape index (κ1) is 18.9. The lowest BCUT2D eigenvalue weighted by Crippen LogP contribution is -2.45. The fraction of sp³-hybridized carbons (Fsp3) is 0.316. The van der Waals surface area contributed by atoms with Crippen LogP contribution in [0.3, 0.4) is 0 Å². The van der Waals surface area contributed by atoms with Crippen LogP contribution in [0.15, 0.2) is 59.5 Å². The van der Waals surface area contributed by atoms with Crippen LogP contribution in [0.4, 0.5) is 0 Å². The summed E-state index contributed by atoms with van der Waals surface area (Å²) in [7, 11) is -3.57. The molecule has 1 fully saturated rings. The van der Waals surface area contributed by atoms with E-state index in [1.54, 1.807) is 36.4 Å². The third-order valence-corrected chi connectivity index (χ3v) is 6.79. The van der Waals surface area contributed by atoms with Crippen molar-refractivity contribution in [3.05, 3.63) is 65.2 Å². The molecule has 3 rings (SSSR count). The average Bonchev–Trinajstić information content (AvgIpc) is 2.68. The van der Waals surface area contributed by atoms with Crippen LogP contribution in [0.25, 0.3) is 0 Å². The maximum absolute atomic E-state index is 12.8. The first-order chi connectivity index (χ1) is 12.5. The number of nitrogens with zero attached hydrogens (tertiary/aromatic N) is 1. The Labute approximate surface area is 159 Å². The molecule has 0 radical (unpaired) electrons. The minimum absolute atomic E-state index is 0.141. The monoisotopic (exact) mass is 392 g/mol. The van der Waals surface area contributed by atoms with E-state index < -0.39 is 10.0 Å². The Bertz CT molecular complexity index is 871.